The standard InChI is InChI=1S/C18H34N2/c1-15(2)16-8-3-4-9-17(16)20-13-7-12-19-18(14-20)10-5-6-11-18/h15-17,19H,3-14H2,1-2H3. The van der Waals surface area contributed by atoms with E-state index in [1.807, 2.05) is 0 Å². The highest BCUT2D eigenvalue weighted by molar-refractivity contribution is 4.99. The summed E-state index contributed by atoms with van der Waals surface area (Å²) in [7, 11) is 0. The Hall–Kier alpha value is -0.0800. The van der Waals surface area contributed by atoms with Crippen LogP contribution in [-0.4, -0.2) is 36.1 Å². The highest BCUT2D eigenvalue weighted by Crippen LogP contribution is 2.37. The average molecular weight is 278 g/mol. The minimum absolute atomic E-state index is 0.482. The van der Waals surface area contributed by atoms with Crippen molar-refractivity contribution in [2.75, 3.05) is 19.6 Å². The van der Waals surface area contributed by atoms with Crippen LogP contribution in [0.4, 0.5) is 0 Å². The van der Waals surface area contributed by atoms with E-state index >= 15 is 0 Å². The fourth-order valence-electron chi connectivity index (χ4n) is 5.20. The first-order chi connectivity index (χ1) is 9.70. The second-order valence-electron chi connectivity index (χ2n) is 8.00. The smallest absolute Gasteiger partial charge is 0.0308 e. The minimum atomic E-state index is 0.482. The van der Waals surface area contributed by atoms with Gasteiger partial charge in [-0.15, -0.1) is 0 Å². The average Bonchev–Trinajstić information content (AvgIpc) is 2.79. The van der Waals surface area contributed by atoms with Crippen LogP contribution in [0.3, 0.4) is 0 Å². The molecule has 2 heteroatoms. The fraction of sp³-hybridized carbons (Fsp3) is 1.00. The fourth-order valence-corrected chi connectivity index (χ4v) is 5.20. The van der Waals surface area contributed by atoms with Crippen LogP contribution in [0.5, 0.6) is 0 Å². The van der Waals surface area contributed by atoms with Crippen molar-refractivity contribution in [3.63, 3.8) is 0 Å². The Morgan fingerprint density at radius 3 is 2.50 bits per heavy atom. The van der Waals surface area contributed by atoms with Crippen molar-refractivity contribution in [2.24, 2.45) is 11.8 Å². The molecular formula is C18H34N2. The molecule has 2 saturated carbocycles. The van der Waals surface area contributed by atoms with E-state index in [0.29, 0.717) is 5.54 Å². The van der Waals surface area contributed by atoms with Crippen molar-refractivity contribution in [1.82, 2.24) is 10.2 Å². The Morgan fingerprint density at radius 2 is 1.75 bits per heavy atom. The van der Waals surface area contributed by atoms with Gasteiger partial charge in [0.25, 0.3) is 0 Å². The molecule has 1 heterocycles. The van der Waals surface area contributed by atoms with Crippen LogP contribution >= 0.6 is 0 Å². The molecule has 0 bridgehead atoms. The zero-order valence-electron chi connectivity index (χ0n) is 13.7. The Morgan fingerprint density at radius 1 is 1.00 bits per heavy atom. The summed E-state index contributed by atoms with van der Waals surface area (Å²) < 4.78 is 0. The lowest BCUT2D eigenvalue weighted by atomic mass is 9.76. The number of nitrogens with zero attached hydrogens (tertiary/aromatic N) is 1. The Kier molecular flexibility index (Phi) is 4.72. The molecule has 3 rings (SSSR count). The van der Waals surface area contributed by atoms with Gasteiger partial charge in [0.15, 0.2) is 0 Å². The number of hydrogen-bond acceptors (Lipinski definition) is 2. The van der Waals surface area contributed by atoms with Crippen LogP contribution in [0.2, 0.25) is 0 Å². The molecule has 116 valence electrons. The van der Waals surface area contributed by atoms with Crippen molar-refractivity contribution >= 4 is 0 Å². The van der Waals surface area contributed by atoms with Crippen LogP contribution in [0.25, 0.3) is 0 Å². The minimum Gasteiger partial charge on any atom is -0.310 e. The third-order valence-electron chi connectivity index (χ3n) is 6.30. The largest absolute Gasteiger partial charge is 0.310 e. The molecule has 3 aliphatic rings. The second-order valence-corrected chi connectivity index (χ2v) is 8.00. The number of nitrogens with one attached hydrogen (secondary N) is 1. The summed E-state index contributed by atoms with van der Waals surface area (Å²) >= 11 is 0. The van der Waals surface area contributed by atoms with E-state index in [2.05, 4.69) is 24.1 Å². The Balaban J connectivity index is 1.73. The van der Waals surface area contributed by atoms with E-state index in [0.717, 1.165) is 17.9 Å². The van der Waals surface area contributed by atoms with Crippen molar-refractivity contribution in [1.29, 1.82) is 0 Å². The molecule has 20 heavy (non-hydrogen) atoms. The van der Waals surface area contributed by atoms with Crippen LogP contribution in [-0.2, 0) is 0 Å². The van der Waals surface area contributed by atoms with Gasteiger partial charge in [0.1, 0.15) is 0 Å². The summed E-state index contributed by atoms with van der Waals surface area (Å²) in [6.07, 6.45) is 12.9. The first-order valence-corrected chi connectivity index (χ1v) is 9.19. The van der Waals surface area contributed by atoms with Gasteiger partial charge in [-0.05, 0) is 57.0 Å². The van der Waals surface area contributed by atoms with Crippen LogP contribution < -0.4 is 5.32 Å². The van der Waals surface area contributed by atoms with Crippen molar-refractivity contribution in [3.8, 4) is 0 Å². The molecule has 0 aromatic carbocycles. The lowest BCUT2D eigenvalue weighted by Gasteiger charge is -2.44. The van der Waals surface area contributed by atoms with Gasteiger partial charge in [-0.2, -0.15) is 0 Å². The monoisotopic (exact) mass is 278 g/mol. The maximum absolute atomic E-state index is 3.93. The Labute approximate surface area is 125 Å². The molecule has 0 radical (unpaired) electrons. The van der Waals surface area contributed by atoms with E-state index < -0.39 is 0 Å². The zero-order valence-corrected chi connectivity index (χ0v) is 13.7. The highest BCUT2D eigenvalue weighted by atomic mass is 15.2. The van der Waals surface area contributed by atoms with E-state index in [4.69, 9.17) is 0 Å². The van der Waals surface area contributed by atoms with Crippen LogP contribution in [0, 0.1) is 11.8 Å². The van der Waals surface area contributed by atoms with E-state index in [-0.39, 0.29) is 0 Å². The van der Waals surface area contributed by atoms with Gasteiger partial charge in [0, 0.05) is 18.1 Å². The molecule has 1 N–H and O–H groups in total. The highest BCUT2D eigenvalue weighted by Gasteiger charge is 2.40. The zero-order chi connectivity index (χ0) is 14.0. The molecule has 3 fully saturated rings. The third kappa shape index (κ3) is 3.06. The predicted octanol–water partition coefficient (Wildman–Crippen LogP) is 3.81. The van der Waals surface area contributed by atoms with Crippen molar-refractivity contribution < 1.29 is 0 Å². The van der Waals surface area contributed by atoms with Crippen LogP contribution in [0.1, 0.15) is 71.6 Å². The summed E-state index contributed by atoms with van der Waals surface area (Å²) in [5.41, 5.74) is 0.482. The number of hydrogen-bond donors (Lipinski definition) is 1. The van der Waals surface area contributed by atoms with Gasteiger partial charge in [-0.1, -0.05) is 39.5 Å². The van der Waals surface area contributed by atoms with E-state index in [9.17, 15) is 0 Å². The van der Waals surface area contributed by atoms with Gasteiger partial charge >= 0.3 is 0 Å². The predicted molar refractivity (Wildman–Crippen MR) is 86.0 cm³/mol. The van der Waals surface area contributed by atoms with Crippen molar-refractivity contribution in [2.45, 2.75) is 83.2 Å². The molecule has 2 aliphatic carbocycles. The second kappa shape index (κ2) is 6.36. The quantitative estimate of drug-likeness (QED) is 0.826. The van der Waals surface area contributed by atoms with Crippen LogP contribution in [0.15, 0.2) is 0 Å². The molecule has 2 atom stereocenters. The summed E-state index contributed by atoms with van der Waals surface area (Å²) in [5.74, 6) is 1.80. The first-order valence-electron chi connectivity index (χ1n) is 9.19. The topological polar surface area (TPSA) is 15.3 Å². The third-order valence-corrected chi connectivity index (χ3v) is 6.30. The summed E-state index contributed by atoms with van der Waals surface area (Å²) in [6, 6.07) is 0.876. The molecule has 1 aliphatic heterocycles. The summed E-state index contributed by atoms with van der Waals surface area (Å²) in [6.45, 7) is 8.81. The maximum Gasteiger partial charge on any atom is 0.0308 e. The molecule has 0 amide bonds. The molecule has 0 aromatic heterocycles. The van der Waals surface area contributed by atoms with Gasteiger partial charge in [0.2, 0.25) is 0 Å². The van der Waals surface area contributed by atoms with Gasteiger partial charge < -0.3 is 5.32 Å². The maximum atomic E-state index is 3.93. The summed E-state index contributed by atoms with van der Waals surface area (Å²) in [4.78, 5) is 2.91. The van der Waals surface area contributed by atoms with E-state index in [1.165, 1.54) is 77.4 Å². The normalized spacial score (nSPS) is 35.5. The van der Waals surface area contributed by atoms with Gasteiger partial charge in [-0.25, -0.2) is 0 Å². The van der Waals surface area contributed by atoms with Gasteiger partial charge in [-0.3, -0.25) is 4.90 Å². The lowest BCUT2D eigenvalue weighted by Crippen LogP contribution is -2.53. The van der Waals surface area contributed by atoms with Crippen molar-refractivity contribution in [3.05, 3.63) is 0 Å². The van der Waals surface area contributed by atoms with E-state index in [1.54, 1.807) is 0 Å². The molecular weight excluding hydrogens is 244 g/mol. The molecule has 2 nitrogen and oxygen atoms in total. The molecule has 1 spiro atoms. The first kappa shape index (κ1) is 14.8. The SMILES string of the molecule is CC(C)C1CCCCC1N1CCCNC2(CCCC2)C1. The molecule has 2 unspecified atom stereocenters. The molecule has 1 saturated heterocycles. The van der Waals surface area contributed by atoms with Gasteiger partial charge in [0.05, 0.1) is 0 Å². The lowest BCUT2D eigenvalue weighted by molar-refractivity contribution is 0.0633. The Bertz CT molecular complexity index is 307. The summed E-state index contributed by atoms with van der Waals surface area (Å²) in [5, 5.41) is 3.93. The number of rotatable bonds is 2. The molecule has 0 aromatic rings.